The highest BCUT2D eigenvalue weighted by atomic mass is 35.5. The van der Waals surface area contributed by atoms with Gasteiger partial charge in [0.05, 0.1) is 22.6 Å². The average molecular weight is 361 g/mol. The zero-order chi connectivity index (χ0) is 17.0. The zero-order valence-electron chi connectivity index (χ0n) is 12.9. The molecule has 0 amide bonds. The molecule has 3 N–H and O–H groups in total. The minimum atomic E-state index is -3.72. The normalized spacial score (nSPS) is 21.9. The highest BCUT2D eigenvalue weighted by molar-refractivity contribution is 7.89. The van der Waals surface area contributed by atoms with Crippen LogP contribution in [0.25, 0.3) is 0 Å². The van der Waals surface area contributed by atoms with Crippen LogP contribution in [0.1, 0.15) is 36.0 Å². The molecule has 1 saturated carbocycles. The molecule has 0 spiro atoms. The summed E-state index contributed by atoms with van der Waals surface area (Å²) < 4.78 is 32.4. The van der Waals surface area contributed by atoms with Crippen LogP contribution in [0.2, 0.25) is 5.02 Å². The van der Waals surface area contributed by atoms with E-state index in [1.807, 2.05) is 0 Å². The number of carbonyl (C=O) groups is 1. The number of hydrogen-bond acceptors (Lipinski definition) is 5. The minimum Gasteiger partial charge on any atom is -0.465 e. The van der Waals surface area contributed by atoms with Gasteiger partial charge in [0.2, 0.25) is 10.0 Å². The fraction of sp³-hybridized carbons (Fsp3) is 0.533. The maximum atomic E-state index is 12.5. The number of nitrogens with one attached hydrogen (secondary N) is 1. The fourth-order valence-corrected chi connectivity index (χ4v) is 4.54. The molecule has 2 unspecified atom stereocenters. The fourth-order valence-electron chi connectivity index (χ4n) is 2.85. The highest BCUT2D eigenvalue weighted by Gasteiger charge is 2.29. The van der Waals surface area contributed by atoms with E-state index in [0.29, 0.717) is 6.54 Å². The Labute approximate surface area is 141 Å². The van der Waals surface area contributed by atoms with E-state index < -0.39 is 16.0 Å². The predicted octanol–water partition coefficient (Wildman–Crippen LogP) is 1.92. The number of methoxy groups -OCH3 is 1. The van der Waals surface area contributed by atoms with Crippen LogP contribution in [0.15, 0.2) is 23.1 Å². The van der Waals surface area contributed by atoms with Crippen molar-refractivity contribution >= 4 is 27.6 Å². The molecule has 1 aliphatic carbocycles. The summed E-state index contributed by atoms with van der Waals surface area (Å²) in [7, 11) is -2.48. The van der Waals surface area contributed by atoms with Gasteiger partial charge in [0.1, 0.15) is 0 Å². The van der Waals surface area contributed by atoms with Gasteiger partial charge in [-0.15, -0.1) is 0 Å². The Balaban J connectivity index is 2.22. The van der Waals surface area contributed by atoms with Crippen molar-refractivity contribution in [3.05, 3.63) is 28.8 Å². The number of carbonyl (C=O) groups excluding carboxylic acids is 1. The standard InChI is InChI=1S/C15H21ClN2O4S/c1-22-15(19)12-7-6-11(8-13(12)16)23(20,21)18-14-5-3-2-4-10(14)9-17/h6-8,10,14,18H,2-5,9,17H2,1H3. The maximum Gasteiger partial charge on any atom is 0.339 e. The topological polar surface area (TPSA) is 98.5 Å². The molecule has 1 aliphatic rings. The summed E-state index contributed by atoms with van der Waals surface area (Å²) in [5, 5.41) is 0.0405. The van der Waals surface area contributed by atoms with E-state index in [0.717, 1.165) is 25.7 Å². The second-order valence-electron chi connectivity index (χ2n) is 5.64. The molecule has 0 aliphatic heterocycles. The molecule has 0 aromatic heterocycles. The third kappa shape index (κ3) is 4.23. The minimum absolute atomic E-state index is 0.0245. The number of nitrogens with two attached hydrogens (primary N) is 1. The number of hydrogen-bond donors (Lipinski definition) is 2. The maximum absolute atomic E-state index is 12.5. The summed E-state index contributed by atoms with van der Waals surface area (Å²) in [5.74, 6) is -0.467. The van der Waals surface area contributed by atoms with E-state index in [1.54, 1.807) is 0 Å². The SMILES string of the molecule is COC(=O)c1ccc(S(=O)(=O)NC2CCCCC2CN)cc1Cl. The molecule has 8 heteroatoms. The number of sulfonamides is 1. The van der Waals surface area contributed by atoms with E-state index >= 15 is 0 Å². The first-order chi connectivity index (χ1) is 10.9. The molecular formula is C15H21ClN2O4S. The van der Waals surface area contributed by atoms with Crippen LogP contribution in [0.5, 0.6) is 0 Å². The van der Waals surface area contributed by atoms with Gasteiger partial charge in [0, 0.05) is 6.04 Å². The van der Waals surface area contributed by atoms with Crippen molar-refractivity contribution in [2.45, 2.75) is 36.6 Å². The Hall–Kier alpha value is -1.15. The summed E-state index contributed by atoms with van der Waals surface area (Å²) in [6, 6.07) is 3.79. The van der Waals surface area contributed by atoms with E-state index in [9.17, 15) is 13.2 Å². The Morgan fingerprint density at radius 2 is 2.09 bits per heavy atom. The summed E-state index contributed by atoms with van der Waals surface area (Å²) in [4.78, 5) is 11.5. The number of rotatable bonds is 5. The van der Waals surface area contributed by atoms with Gasteiger partial charge in [0.25, 0.3) is 0 Å². The average Bonchev–Trinajstić information content (AvgIpc) is 2.54. The van der Waals surface area contributed by atoms with Crippen LogP contribution in [-0.4, -0.2) is 34.1 Å². The molecule has 1 fully saturated rings. The largest absolute Gasteiger partial charge is 0.465 e. The second kappa shape index (κ2) is 7.61. The van der Waals surface area contributed by atoms with Gasteiger partial charge in [-0.25, -0.2) is 17.9 Å². The van der Waals surface area contributed by atoms with Gasteiger partial charge >= 0.3 is 5.97 Å². The first kappa shape index (κ1) is 18.2. The quantitative estimate of drug-likeness (QED) is 0.781. The number of ether oxygens (including phenoxy) is 1. The number of halogens is 1. The van der Waals surface area contributed by atoms with Crippen molar-refractivity contribution < 1.29 is 17.9 Å². The van der Waals surface area contributed by atoms with Gasteiger partial charge in [-0.2, -0.15) is 0 Å². The molecule has 1 aromatic rings. The zero-order valence-corrected chi connectivity index (χ0v) is 14.5. The lowest BCUT2D eigenvalue weighted by atomic mass is 9.85. The Morgan fingerprint density at radius 3 is 2.70 bits per heavy atom. The van der Waals surface area contributed by atoms with Gasteiger partial charge in [-0.3, -0.25) is 0 Å². The third-order valence-corrected chi connectivity index (χ3v) is 5.97. The van der Waals surface area contributed by atoms with Crippen molar-refractivity contribution in [1.82, 2.24) is 4.72 Å². The van der Waals surface area contributed by atoms with Crippen molar-refractivity contribution in [3.8, 4) is 0 Å². The van der Waals surface area contributed by atoms with Crippen molar-refractivity contribution in [1.29, 1.82) is 0 Å². The summed E-state index contributed by atoms with van der Waals surface area (Å²) in [6.45, 7) is 0.454. The monoisotopic (exact) mass is 360 g/mol. The molecule has 0 saturated heterocycles. The van der Waals surface area contributed by atoms with Gasteiger partial charge < -0.3 is 10.5 Å². The van der Waals surface area contributed by atoms with Gasteiger partial charge in [-0.05, 0) is 43.5 Å². The lowest BCUT2D eigenvalue weighted by Crippen LogP contribution is -2.44. The molecule has 1 aromatic carbocycles. The second-order valence-corrected chi connectivity index (χ2v) is 7.76. The summed E-state index contributed by atoms with van der Waals surface area (Å²) >= 11 is 5.99. The van der Waals surface area contributed by atoms with Gasteiger partial charge in [-0.1, -0.05) is 24.4 Å². The molecule has 6 nitrogen and oxygen atoms in total. The Kier molecular flexibility index (Phi) is 6.02. The Morgan fingerprint density at radius 1 is 1.39 bits per heavy atom. The molecule has 128 valence electrons. The molecule has 0 bridgehead atoms. The summed E-state index contributed by atoms with van der Waals surface area (Å²) in [6.07, 6.45) is 3.74. The van der Waals surface area contributed by atoms with Crippen LogP contribution in [0, 0.1) is 5.92 Å². The van der Waals surface area contributed by atoms with Gasteiger partial charge in [0.15, 0.2) is 0 Å². The van der Waals surface area contributed by atoms with Crippen LogP contribution in [-0.2, 0) is 14.8 Å². The van der Waals surface area contributed by atoms with E-state index in [2.05, 4.69) is 9.46 Å². The first-order valence-electron chi connectivity index (χ1n) is 7.49. The van der Waals surface area contributed by atoms with E-state index in [1.165, 1.54) is 25.3 Å². The van der Waals surface area contributed by atoms with Crippen molar-refractivity contribution in [3.63, 3.8) is 0 Å². The highest BCUT2D eigenvalue weighted by Crippen LogP contribution is 2.26. The number of benzene rings is 1. The number of esters is 1. The smallest absolute Gasteiger partial charge is 0.339 e. The molecule has 0 heterocycles. The van der Waals surface area contributed by atoms with Crippen LogP contribution >= 0.6 is 11.6 Å². The molecule has 2 rings (SSSR count). The van der Waals surface area contributed by atoms with Crippen LogP contribution < -0.4 is 10.5 Å². The van der Waals surface area contributed by atoms with Crippen molar-refractivity contribution in [2.75, 3.05) is 13.7 Å². The van der Waals surface area contributed by atoms with Crippen LogP contribution in [0.4, 0.5) is 0 Å². The lowest BCUT2D eigenvalue weighted by Gasteiger charge is -2.31. The van der Waals surface area contributed by atoms with Crippen LogP contribution in [0.3, 0.4) is 0 Å². The van der Waals surface area contributed by atoms with Crippen molar-refractivity contribution in [2.24, 2.45) is 11.7 Å². The van der Waals surface area contributed by atoms with E-state index in [-0.39, 0.29) is 27.4 Å². The molecule has 23 heavy (non-hydrogen) atoms. The van der Waals surface area contributed by atoms with E-state index in [4.69, 9.17) is 17.3 Å². The molecule has 2 atom stereocenters. The molecular weight excluding hydrogens is 340 g/mol. The molecule has 0 radical (unpaired) electrons. The third-order valence-electron chi connectivity index (χ3n) is 4.17. The Bertz CT molecular complexity index is 678. The predicted molar refractivity (Wildman–Crippen MR) is 87.9 cm³/mol. The lowest BCUT2D eigenvalue weighted by molar-refractivity contribution is 0.0601. The first-order valence-corrected chi connectivity index (χ1v) is 9.35. The summed E-state index contributed by atoms with van der Waals surface area (Å²) in [5.41, 5.74) is 5.87.